The Balaban J connectivity index is 2.14. The van der Waals surface area contributed by atoms with Crippen molar-refractivity contribution in [2.45, 2.75) is 53.1 Å². The summed E-state index contributed by atoms with van der Waals surface area (Å²) < 4.78 is 5.75. The van der Waals surface area contributed by atoms with Crippen LogP contribution < -0.4 is 10.1 Å². The predicted molar refractivity (Wildman–Crippen MR) is 116 cm³/mol. The van der Waals surface area contributed by atoms with Crippen molar-refractivity contribution in [3.8, 4) is 5.75 Å². The van der Waals surface area contributed by atoms with Gasteiger partial charge in [0.15, 0.2) is 6.61 Å². The lowest BCUT2D eigenvalue weighted by Gasteiger charge is -2.29. The van der Waals surface area contributed by atoms with E-state index in [0.29, 0.717) is 18.8 Å². The summed E-state index contributed by atoms with van der Waals surface area (Å²) in [5.41, 5.74) is 3.07. The number of carbonyl (C=O) groups is 2. The molecular formula is C24H32N2O3. The molecule has 29 heavy (non-hydrogen) atoms. The van der Waals surface area contributed by atoms with Gasteiger partial charge in [-0.2, -0.15) is 0 Å². The summed E-state index contributed by atoms with van der Waals surface area (Å²) in [5, 5.41) is 2.93. The van der Waals surface area contributed by atoms with E-state index >= 15 is 0 Å². The Morgan fingerprint density at radius 1 is 1.03 bits per heavy atom. The van der Waals surface area contributed by atoms with Crippen LogP contribution in [0.3, 0.4) is 0 Å². The summed E-state index contributed by atoms with van der Waals surface area (Å²) >= 11 is 0. The highest BCUT2D eigenvalue weighted by Crippen LogP contribution is 2.18. The average molecular weight is 397 g/mol. The van der Waals surface area contributed by atoms with Gasteiger partial charge < -0.3 is 15.0 Å². The first kappa shape index (κ1) is 22.5. The van der Waals surface area contributed by atoms with Gasteiger partial charge in [0.05, 0.1) is 0 Å². The molecule has 2 aromatic carbocycles. The minimum atomic E-state index is -0.584. The number of rotatable bonds is 10. The maximum atomic E-state index is 13.0. The number of nitrogens with one attached hydrogen (secondary N) is 1. The first-order valence-corrected chi connectivity index (χ1v) is 10.2. The van der Waals surface area contributed by atoms with Gasteiger partial charge in [-0.25, -0.2) is 0 Å². The predicted octanol–water partition coefficient (Wildman–Crippen LogP) is 4.02. The number of aryl methyl sites for hydroxylation is 2. The van der Waals surface area contributed by atoms with Crippen LogP contribution in [-0.4, -0.2) is 35.9 Å². The van der Waals surface area contributed by atoms with Crippen molar-refractivity contribution in [2.24, 2.45) is 0 Å². The zero-order valence-electron chi connectivity index (χ0n) is 17.9. The van der Waals surface area contributed by atoms with Crippen LogP contribution in [0, 0.1) is 13.8 Å². The van der Waals surface area contributed by atoms with Gasteiger partial charge in [-0.15, -0.1) is 0 Å². The first-order chi connectivity index (χ1) is 13.9. The third-order valence-electron chi connectivity index (χ3n) is 5.04. The maximum absolute atomic E-state index is 13.0. The molecule has 0 saturated carbocycles. The number of hydrogen-bond acceptors (Lipinski definition) is 3. The van der Waals surface area contributed by atoms with Crippen molar-refractivity contribution >= 4 is 11.8 Å². The fourth-order valence-electron chi connectivity index (χ4n) is 3.03. The number of benzene rings is 2. The van der Waals surface area contributed by atoms with E-state index in [1.54, 1.807) is 11.8 Å². The molecule has 2 rings (SSSR count). The van der Waals surface area contributed by atoms with Gasteiger partial charge in [0.2, 0.25) is 5.91 Å². The van der Waals surface area contributed by atoms with E-state index in [4.69, 9.17) is 4.74 Å². The molecule has 2 amide bonds. The van der Waals surface area contributed by atoms with Crippen molar-refractivity contribution in [3.05, 3.63) is 65.2 Å². The molecule has 2 aromatic rings. The average Bonchev–Trinajstić information content (AvgIpc) is 2.72. The number of amides is 2. The van der Waals surface area contributed by atoms with E-state index in [0.717, 1.165) is 29.5 Å². The molecule has 0 aromatic heterocycles. The Morgan fingerprint density at radius 2 is 1.69 bits per heavy atom. The molecule has 0 aliphatic carbocycles. The first-order valence-electron chi connectivity index (χ1n) is 10.2. The third-order valence-corrected chi connectivity index (χ3v) is 5.04. The van der Waals surface area contributed by atoms with Crippen LogP contribution in [0.5, 0.6) is 5.75 Å². The summed E-state index contributed by atoms with van der Waals surface area (Å²) in [7, 11) is 0. The van der Waals surface area contributed by atoms with E-state index in [-0.39, 0.29) is 18.4 Å². The van der Waals surface area contributed by atoms with Crippen LogP contribution in [0.2, 0.25) is 0 Å². The second kappa shape index (κ2) is 11.2. The number of unbranched alkanes of at least 4 members (excludes halogenated alkanes) is 1. The fraction of sp³-hybridized carbons (Fsp3) is 0.417. The van der Waals surface area contributed by atoms with Gasteiger partial charge in [0.1, 0.15) is 11.8 Å². The minimum absolute atomic E-state index is 0.108. The molecule has 0 aliphatic heterocycles. The van der Waals surface area contributed by atoms with Crippen molar-refractivity contribution < 1.29 is 14.3 Å². The summed E-state index contributed by atoms with van der Waals surface area (Å²) in [5.74, 6) is 0.322. The highest BCUT2D eigenvalue weighted by molar-refractivity contribution is 5.88. The summed E-state index contributed by atoms with van der Waals surface area (Å²) in [6.45, 7) is 8.67. The second-order valence-corrected chi connectivity index (χ2v) is 7.32. The van der Waals surface area contributed by atoms with Crippen molar-refractivity contribution in [1.29, 1.82) is 0 Å². The molecular weight excluding hydrogens is 364 g/mol. The number of para-hydroxylation sites is 1. The normalized spacial score (nSPS) is 11.6. The quantitative estimate of drug-likeness (QED) is 0.617. The molecule has 5 nitrogen and oxygen atoms in total. The van der Waals surface area contributed by atoms with Crippen molar-refractivity contribution in [3.63, 3.8) is 0 Å². The molecule has 0 bridgehead atoms. The number of hydrogen-bond donors (Lipinski definition) is 1. The van der Waals surface area contributed by atoms with Gasteiger partial charge in [-0.1, -0.05) is 55.8 Å². The molecule has 0 unspecified atom stereocenters. The van der Waals surface area contributed by atoms with Crippen LogP contribution in [0.25, 0.3) is 0 Å². The third kappa shape index (κ3) is 6.63. The van der Waals surface area contributed by atoms with Crippen molar-refractivity contribution in [2.75, 3.05) is 13.2 Å². The Labute approximate surface area is 174 Å². The molecule has 0 saturated heterocycles. The lowest BCUT2D eigenvalue weighted by Crippen LogP contribution is -2.49. The standard InChI is InChI=1S/C24H32N2O3/c1-5-6-15-25-24(28)20(4)26(16-21-13-9-7-11-18(21)2)23(27)17-29-22-14-10-8-12-19(22)3/h7-14,20H,5-6,15-17H2,1-4H3,(H,25,28)/t20-/m1/s1. The number of carbonyl (C=O) groups excluding carboxylic acids is 2. The van der Waals surface area contributed by atoms with E-state index < -0.39 is 6.04 Å². The van der Waals surface area contributed by atoms with E-state index in [1.165, 1.54) is 0 Å². The lowest BCUT2D eigenvalue weighted by atomic mass is 10.1. The zero-order chi connectivity index (χ0) is 21.2. The molecule has 1 atom stereocenters. The van der Waals surface area contributed by atoms with Crippen LogP contribution in [0.15, 0.2) is 48.5 Å². The van der Waals surface area contributed by atoms with Gasteiger partial charge in [0, 0.05) is 13.1 Å². The minimum Gasteiger partial charge on any atom is -0.484 e. The monoisotopic (exact) mass is 396 g/mol. The fourth-order valence-corrected chi connectivity index (χ4v) is 3.03. The summed E-state index contributed by atoms with van der Waals surface area (Å²) in [6, 6.07) is 14.9. The van der Waals surface area contributed by atoms with Gasteiger partial charge >= 0.3 is 0 Å². The van der Waals surface area contributed by atoms with E-state index in [1.807, 2.05) is 62.4 Å². The number of ether oxygens (including phenoxy) is 1. The molecule has 0 fully saturated rings. The topological polar surface area (TPSA) is 58.6 Å². The summed E-state index contributed by atoms with van der Waals surface area (Å²) in [6.07, 6.45) is 1.92. The molecule has 0 aliphatic rings. The summed E-state index contributed by atoms with van der Waals surface area (Å²) in [4.78, 5) is 27.3. The Kier molecular flexibility index (Phi) is 8.71. The zero-order valence-corrected chi connectivity index (χ0v) is 17.9. The highest BCUT2D eigenvalue weighted by atomic mass is 16.5. The van der Waals surface area contributed by atoms with Crippen LogP contribution in [-0.2, 0) is 16.1 Å². The van der Waals surface area contributed by atoms with Gasteiger partial charge in [-0.3, -0.25) is 9.59 Å². The van der Waals surface area contributed by atoms with E-state index in [2.05, 4.69) is 12.2 Å². The molecule has 0 radical (unpaired) electrons. The Morgan fingerprint density at radius 3 is 2.34 bits per heavy atom. The van der Waals surface area contributed by atoms with Crippen LogP contribution >= 0.6 is 0 Å². The maximum Gasteiger partial charge on any atom is 0.261 e. The molecule has 156 valence electrons. The van der Waals surface area contributed by atoms with Crippen LogP contribution in [0.4, 0.5) is 0 Å². The van der Waals surface area contributed by atoms with Gasteiger partial charge in [0.25, 0.3) is 5.91 Å². The number of nitrogens with zero attached hydrogens (tertiary/aromatic N) is 1. The smallest absolute Gasteiger partial charge is 0.261 e. The Hall–Kier alpha value is -2.82. The molecule has 1 N–H and O–H groups in total. The second-order valence-electron chi connectivity index (χ2n) is 7.32. The van der Waals surface area contributed by atoms with Gasteiger partial charge in [-0.05, 0) is 49.9 Å². The highest BCUT2D eigenvalue weighted by Gasteiger charge is 2.26. The van der Waals surface area contributed by atoms with E-state index in [9.17, 15) is 9.59 Å². The van der Waals surface area contributed by atoms with Crippen LogP contribution in [0.1, 0.15) is 43.4 Å². The Bertz CT molecular complexity index is 819. The SMILES string of the molecule is CCCCNC(=O)[C@@H](C)N(Cc1ccccc1C)C(=O)COc1ccccc1C. The molecule has 5 heteroatoms. The van der Waals surface area contributed by atoms with Crippen molar-refractivity contribution in [1.82, 2.24) is 10.2 Å². The molecule has 0 spiro atoms. The largest absolute Gasteiger partial charge is 0.484 e. The lowest BCUT2D eigenvalue weighted by molar-refractivity contribution is -0.142. The molecule has 0 heterocycles.